The fourth-order valence-electron chi connectivity index (χ4n) is 2.77. The highest BCUT2D eigenvalue weighted by Crippen LogP contribution is 2.28. The van der Waals surface area contributed by atoms with Crippen molar-refractivity contribution in [2.45, 2.75) is 38.6 Å². The number of carbonyl (C=O) groups excluding carboxylic acids is 1. The standard InChI is InChI=1S/C15H23N3O/c1-11-4-6-12(7-5-11)18(3)15(19)13-8-9-17-10-14(13)16-2/h8-12,16H,4-7H2,1-3H3. The van der Waals surface area contributed by atoms with Crippen LogP contribution in [0, 0.1) is 5.92 Å². The van der Waals surface area contributed by atoms with Gasteiger partial charge in [0.15, 0.2) is 0 Å². The Kier molecular flexibility index (Phi) is 4.40. The fraction of sp³-hybridized carbons (Fsp3) is 0.600. The van der Waals surface area contributed by atoms with E-state index >= 15 is 0 Å². The summed E-state index contributed by atoms with van der Waals surface area (Å²) >= 11 is 0. The minimum absolute atomic E-state index is 0.0892. The number of hydrogen-bond donors (Lipinski definition) is 1. The average molecular weight is 261 g/mol. The highest BCUT2D eigenvalue weighted by Gasteiger charge is 2.26. The van der Waals surface area contributed by atoms with Crippen LogP contribution in [-0.4, -0.2) is 35.9 Å². The predicted octanol–water partition coefficient (Wildman–Crippen LogP) is 2.77. The minimum atomic E-state index is 0.0892. The largest absolute Gasteiger partial charge is 0.386 e. The third-order valence-corrected chi connectivity index (χ3v) is 4.17. The van der Waals surface area contributed by atoms with Gasteiger partial charge in [0.05, 0.1) is 17.4 Å². The van der Waals surface area contributed by atoms with Gasteiger partial charge in [0.2, 0.25) is 0 Å². The van der Waals surface area contributed by atoms with Gasteiger partial charge in [0.1, 0.15) is 0 Å². The maximum Gasteiger partial charge on any atom is 0.256 e. The lowest BCUT2D eigenvalue weighted by molar-refractivity contribution is 0.0680. The SMILES string of the molecule is CNc1cnccc1C(=O)N(C)C1CCC(C)CC1. The zero-order chi connectivity index (χ0) is 13.8. The first-order valence-electron chi connectivity index (χ1n) is 7.02. The van der Waals surface area contributed by atoms with Crippen molar-refractivity contribution in [1.29, 1.82) is 0 Å². The number of pyridine rings is 1. The number of nitrogens with one attached hydrogen (secondary N) is 1. The van der Waals surface area contributed by atoms with E-state index in [1.165, 1.54) is 12.8 Å². The molecule has 1 aromatic heterocycles. The quantitative estimate of drug-likeness (QED) is 0.910. The fourth-order valence-corrected chi connectivity index (χ4v) is 2.77. The Morgan fingerprint density at radius 2 is 2.05 bits per heavy atom. The molecule has 0 bridgehead atoms. The van der Waals surface area contributed by atoms with Crippen LogP contribution in [0.4, 0.5) is 5.69 Å². The molecule has 19 heavy (non-hydrogen) atoms. The molecule has 0 spiro atoms. The van der Waals surface area contributed by atoms with Crippen LogP contribution in [0.25, 0.3) is 0 Å². The summed E-state index contributed by atoms with van der Waals surface area (Å²) in [5, 5.41) is 3.03. The van der Waals surface area contributed by atoms with Crippen LogP contribution >= 0.6 is 0 Å². The highest BCUT2D eigenvalue weighted by molar-refractivity contribution is 5.99. The second-order valence-electron chi connectivity index (χ2n) is 5.50. The number of anilines is 1. The average Bonchev–Trinajstić information content (AvgIpc) is 2.46. The van der Waals surface area contributed by atoms with Gasteiger partial charge in [-0.05, 0) is 37.7 Å². The van der Waals surface area contributed by atoms with Crippen LogP contribution in [0.5, 0.6) is 0 Å². The maximum atomic E-state index is 12.6. The minimum Gasteiger partial charge on any atom is -0.386 e. The lowest BCUT2D eigenvalue weighted by atomic mass is 9.86. The molecule has 0 aliphatic heterocycles. The smallest absolute Gasteiger partial charge is 0.256 e. The normalized spacial score (nSPS) is 22.9. The van der Waals surface area contributed by atoms with E-state index in [2.05, 4.69) is 17.2 Å². The van der Waals surface area contributed by atoms with E-state index in [-0.39, 0.29) is 5.91 Å². The summed E-state index contributed by atoms with van der Waals surface area (Å²) in [4.78, 5) is 18.5. The molecule has 0 saturated heterocycles. The number of amides is 1. The first-order chi connectivity index (χ1) is 9.13. The molecule has 1 N–H and O–H groups in total. The summed E-state index contributed by atoms with van der Waals surface area (Å²) in [5.74, 6) is 0.889. The molecule has 1 saturated carbocycles. The van der Waals surface area contributed by atoms with Gasteiger partial charge in [0, 0.05) is 26.3 Å². The van der Waals surface area contributed by atoms with E-state index in [1.807, 2.05) is 19.0 Å². The molecule has 0 atom stereocenters. The van der Waals surface area contributed by atoms with Gasteiger partial charge < -0.3 is 10.2 Å². The molecule has 1 fully saturated rings. The Balaban J connectivity index is 2.10. The van der Waals surface area contributed by atoms with E-state index in [4.69, 9.17) is 0 Å². The molecule has 1 aromatic rings. The third kappa shape index (κ3) is 3.06. The van der Waals surface area contributed by atoms with Gasteiger partial charge in [-0.15, -0.1) is 0 Å². The van der Waals surface area contributed by atoms with Crippen molar-refractivity contribution in [1.82, 2.24) is 9.88 Å². The Morgan fingerprint density at radius 3 is 2.68 bits per heavy atom. The van der Waals surface area contributed by atoms with E-state index in [0.29, 0.717) is 11.6 Å². The molecule has 0 unspecified atom stereocenters. The predicted molar refractivity (Wildman–Crippen MR) is 77.3 cm³/mol. The van der Waals surface area contributed by atoms with Gasteiger partial charge in [-0.1, -0.05) is 6.92 Å². The molecule has 0 aromatic carbocycles. The van der Waals surface area contributed by atoms with E-state index in [0.717, 1.165) is 24.4 Å². The molecule has 4 nitrogen and oxygen atoms in total. The summed E-state index contributed by atoms with van der Waals surface area (Å²) in [6.45, 7) is 2.29. The van der Waals surface area contributed by atoms with Crippen LogP contribution in [0.1, 0.15) is 43.0 Å². The molecular weight excluding hydrogens is 238 g/mol. The monoisotopic (exact) mass is 261 g/mol. The van der Waals surface area contributed by atoms with Crippen LogP contribution < -0.4 is 5.32 Å². The molecule has 4 heteroatoms. The molecule has 1 aliphatic rings. The summed E-state index contributed by atoms with van der Waals surface area (Å²) in [6.07, 6.45) is 8.04. The Bertz CT molecular complexity index is 439. The lowest BCUT2D eigenvalue weighted by Gasteiger charge is -2.33. The molecule has 1 aliphatic carbocycles. The van der Waals surface area contributed by atoms with Crippen LogP contribution in [-0.2, 0) is 0 Å². The van der Waals surface area contributed by atoms with Crippen LogP contribution in [0.3, 0.4) is 0 Å². The van der Waals surface area contributed by atoms with Gasteiger partial charge in [-0.2, -0.15) is 0 Å². The first kappa shape index (κ1) is 13.8. The molecule has 1 heterocycles. The lowest BCUT2D eigenvalue weighted by Crippen LogP contribution is -2.39. The first-order valence-corrected chi connectivity index (χ1v) is 7.02. The van der Waals surface area contributed by atoms with Gasteiger partial charge >= 0.3 is 0 Å². The van der Waals surface area contributed by atoms with Crippen LogP contribution in [0.2, 0.25) is 0 Å². The number of aromatic nitrogens is 1. The number of rotatable bonds is 3. The molecule has 0 radical (unpaired) electrons. The summed E-state index contributed by atoms with van der Waals surface area (Å²) in [6, 6.07) is 2.16. The van der Waals surface area contributed by atoms with Gasteiger partial charge in [0.25, 0.3) is 5.91 Å². The summed E-state index contributed by atoms with van der Waals surface area (Å²) in [5.41, 5.74) is 1.50. The van der Waals surface area contributed by atoms with Gasteiger partial charge in [-0.25, -0.2) is 0 Å². The topological polar surface area (TPSA) is 45.2 Å². The van der Waals surface area contributed by atoms with Crippen molar-refractivity contribution < 1.29 is 4.79 Å². The van der Waals surface area contributed by atoms with Gasteiger partial charge in [-0.3, -0.25) is 9.78 Å². The second-order valence-corrected chi connectivity index (χ2v) is 5.50. The zero-order valence-corrected chi connectivity index (χ0v) is 12.0. The van der Waals surface area contributed by atoms with E-state index in [9.17, 15) is 4.79 Å². The second kappa shape index (κ2) is 6.04. The summed E-state index contributed by atoms with van der Waals surface area (Å²) in [7, 11) is 3.74. The Morgan fingerprint density at radius 1 is 1.37 bits per heavy atom. The van der Waals surface area contributed by atoms with Crippen molar-refractivity contribution in [3.05, 3.63) is 24.0 Å². The van der Waals surface area contributed by atoms with Crippen molar-refractivity contribution >= 4 is 11.6 Å². The van der Waals surface area contributed by atoms with Crippen molar-refractivity contribution in [3.8, 4) is 0 Å². The van der Waals surface area contributed by atoms with Crippen molar-refractivity contribution in [2.24, 2.45) is 5.92 Å². The number of hydrogen-bond acceptors (Lipinski definition) is 3. The number of nitrogens with zero attached hydrogens (tertiary/aromatic N) is 2. The maximum absolute atomic E-state index is 12.6. The Labute approximate surface area is 115 Å². The zero-order valence-electron chi connectivity index (χ0n) is 12.0. The molecule has 1 amide bonds. The molecular formula is C15H23N3O. The van der Waals surface area contributed by atoms with Crippen molar-refractivity contribution in [2.75, 3.05) is 19.4 Å². The molecule has 2 rings (SSSR count). The van der Waals surface area contributed by atoms with Crippen LogP contribution in [0.15, 0.2) is 18.5 Å². The highest BCUT2D eigenvalue weighted by atomic mass is 16.2. The van der Waals surface area contributed by atoms with E-state index < -0.39 is 0 Å². The summed E-state index contributed by atoms with van der Waals surface area (Å²) < 4.78 is 0. The van der Waals surface area contributed by atoms with Crippen molar-refractivity contribution in [3.63, 3.8) is 0 Å². The molecule has 104 valence electrons. The third-order valence-electron chi connectivity index (χ3n) is 4.17. The Hall–Kier alpha value is -1.58. The number of carbonyl (C=O) groups is 1. The van der Waals surface area contributed by atoms with E-state index in [1.54, 1.807) is 18.5 Å².